The van der Waals surface area contributed by atoms with Crippen LogP contribution in [0.1, 0.15) is 11.7 Å². The predicted molar refractivity (Wildman–Crippen MR) is 46.5 cm³/mol. The van der Waals surface area contributed by atoms with Gasteiger partial charge < -0.3 is 15.9 Å². The lowest BCUT2D eigenvalue weighted by Crippen LogP contribution is -2.31. The van der Waals surface area contributed by atoms with Gasteiger partial charge in [0.25, 0.3) is 0 Å². The molecule has 3 heteroatoms. The van der Waals surface area contributed by atoms with E-state index < -0.39 is 12.1 Å². The average Bonchev–Trinajstić information content (AvgIpc) is 2.17. The minimum atomic E-state index is -0.781. The molecule has 1 aromatic carbocycles. The molecule has 12 heavy (non-hydrogen) atoms. The second-order valence-electron chi connectivity index (χ2n) is 2.70. The molecule has 1 aromatic rings. The molecule has 0 heterocycles. The molecule has 0 aromatic heterocycles. The highest BCUT2D eigenvalue weighted by molar-refractivity contribution is 5.18. The Morgan fingerprint density at radius 3 is 2.33 bits per heavy atom. The van der Waals surface area contributed by atoms with Crippen LogP contribution in [0.2, 0.25) is 0 Å². The maximum absolute atomic E-state index is 9.50. The third kappa shape index (κ3) is 2.04. The Labute approximate surface area is 71.5 Å². The van der Waals surface area contributed by atoms with Gasteiger partial charge in [0.15, 0.2) is 0 Å². The van der Waals surface area contributed by atoms with Crippen LogP contribution in [-0.4, -0.2) is 22.9 Å². The molecule has 0 aliphatic heterocycles. The zero-order valence-corrected chi connectivity index (χ0v) is 6.72. The van der Waals surface area contributed by atoms with Gasteiger partial charge in [0.1, 0.15) is 0 Å². The molecule has 0 bridgehead atoms. The Hall–Kier alpha value is -0.900. The van der Waals surface area contributed by atoms with Gasteiger partial charge in [0.2, 0.25) is 0 Å². The summed E-state index contributed by atoms with van der Waals surface area (Å²) in [6, 6.07) is 8.46. The van der Waals surface area contributed by atoms with Gasteiger partial charge in [-0.1, -0.05) is 30.3 Å². The van der Waals surface area contributed by atoms with E-state index in [1.165, 1.54) is 0 Å². The van der Waals surface area contributed by atoms with Gasteiger partial charge in [-0.15, -0.1) is 0 Å². The number of hydrogen-bond donors (Lipinski definition) is 3. The van der Waals surface area contributed by atoms with E-state index >= 15 is 0 Å². The highest BCUT2D eigenvalue weighted by atomic mass is 16.3. The number of benzene rings is 1. The molecule has 0 saturated carbocycles. The zero-order valence-electron chi connectivity index (χ0n) is 6.72. The fraction of sp³-hybridized carbons (Fsp3) is 0.333. The van der Waals surface area contributed by atoms with Crippen LogP contribution < -0.4 is 5.73 Å². The average molecular weight is 167 g/mol. The summed E-state index contributed by atoms with van der Waals surface area (Å²) in [6.45, 7) is -0.212. The van der Waals surface area contributed by atoms with Crippen molar-refractivity contribution >= 4 is 0 Å². The third-order valence-electron chi connectivity index (χ3n) is 1.76. The van der Waals surface area contributed by atoms with Gasteiger partial charge in [-0.25, -0.2) is 0 Å². The molecule has 0 radical (unpaired) electrons. The van der Waals surface area contributed by atoms with Crippen LogP contribution in [0.15, 0.2) is 30.3 Å². The van der Waals surface area contributed by atoms with Crippen LogP contribution in [0.25, 0.3) is 0 Å². The van der Waals surface area contributed by atoms with E-state index in [2.05, 4.69) is 0 Å². The lowest BCUT2D eigenvalue weighted by atomic mass is 10.0. The molecule has 1 rings (SSSR count). The molecule has 66 valence electrons. The molecule has 0 aliphatic carbocycles. The van der Waals surface area contributed by atoms with Crippen molar-refractivity contribution in [1.29, 1.82) is 0 Å². The van der Waals surface area contributed by atoms with E-state index in [1.807, 2.05) is 18.2 Å². The fourth-order valence-corrected chi connectivity index (χ4v) is 0.997. The van der Waals surface area contributed by atoms with Crippen LogP contribution in [0.4, 0.5) is 0 Å². The van der Waals surface area contributed by atoms with Gasteiger partial charge in [-0.2, -0.15) is 0 Å². The van der Waals surface area contributed by atoms with Gasteiger partial charge in [0, 0.05) is 0 Å². The van der Waals surface area contributed by atoms with Gasteiger partial charge >= 0.3 is 0 Å². The topological polar surface area (TPSA) is 66.5 Å². The molecule has 0 spiro atoms. The van der Waals surface area contributed by atoms with E-state index in [4.69, 9.17) is 10.8 Å². The molecular weight excluding hydrogens is 154 g/mol. The van der Waals surface area contributed by atoms with E-state index in [0.717, 1.165) is 5.56 Å². The van der Waals surface area contributed by atoms with Crippen molar-refractivity contribution in [1.82, 2.24) is 0 Å². The Balaban J connectivity index is 2.71. The normalized spacial score (nSPS) is 15.6. The zero-order chi connectivity index (χ0) is 8.97. The van der Waals surface area contributed by atoms with E-state index in [0.29, 0.717) is 0 Å². The van der Waals surface area contributed by atoms with Crippen molar-refractivity contribution in [3.05, 3.63) is 35.9 Å². The first-order chi connectivity index (χ1) is 5.75. The lowest BCUT2D eigenvalue weighted by Gasteiger charge is -2.16. The Morgan fingerprint density at radius 2 is 1.83 bits per heavy atom. The van der Waals surface area contributed by atoms with Crippen LogP contribution in [-0.2, 0) is 0 Å². The maximum atomic E-state index is 9.50. The molecular formula is C9H13NO2. The molecule has 3 nitrogen and oxygen atoms in total. The van der Waals surface area contributed by atoms with Crippen LogP contribution in [0.3, 0.4) is 0 Å². The third-order valence-corrected chi connectivity index (χ3v) is 1.76. The first-order valence-corrected chi connectivity index (χ1v) is 3.85. The second kappa shape index (κ2) is 4.21. The first kappa shape index (κ1) is 9.19. The first-order valence-electron chi connectivity index (χ1n) is 3.85. The van der Waals surface area contributed by atoms with Crippen LogP contribution in [0.5, 0.6) is 0 Å². The Kier molecular flexibility index (Phi) is 3.22. The van der Waals surface area contributed by atoms with Crippen molar-refractivity contribution < 1.29 is 10.2 Å². The van der Waals surface area contributed by atoms with Crippen molar-refractivity contribution in [2.24, 2.45) is 5.73 Å². The van der Waals surface area contributed by atoms with Crippen LogP contribution >= 0.6 is 0 Å². The number of rotatable bonds is 3. The minimum absolute atomic E-state index is 0.212. The molecule has 0 unspecified atom stereocenters. The number of hydrogen-bond acceptors (Lipinski definition) is 3. The van der Waals surface area contributed by atoms with Crippen molar-refractivity contribution in [3.63, 3.8) is 0 Å². The molecule has 0 fully saturated rings. The number of aliphatic hydroxyl groups is 2. The fourth-order valence-electron chi connectivity index (χ4n) is 0.997. The van der Waals surface area contributed by atoms with Crippen molar-refractivity contribution in [2.45, 2.75) is 12.1 Å². The van der Waals surface area contributed by atoms with Crippen molar-refractivity contribution in [2.75, 3.05) is 6.61 Å². The van der Waals surface area contributed by atoms with E-state index in [1.54, 1.807) is 12.1 Å². The quantitative estimate of drug-likeness (QED) is 0.595. The maximum Gasteiger partial charge on any atom is 0.0963 e. The summed E-state index contributed by atoms with van der Waals surface area (Å²) < 4.78 is 0. The van der Waals surface area contributed by atoms with Gasteiger partial charge in [-0.05, 0) is 5.56 Å². The summed E-state index contributed by atoms with van der Waals surface area (Å²) in [5, 5.41) is 18.2. The molecule has 0 saturated heterocycles. The molecule has 2 atom stereocenters. The molecule has 0 aliphatic rings. The smallest absolute Gasteiger partial charge is 0.0963 e. The van der Waals surface area contributed by atoms with E-state index in [-0.39, 0.29) is 6.61 Å². The summed E-state index contributed by atoms with van der Waals surface area (Å²) in [4.78, 5) is 0. The Bertz CT molecular complexity index is 225. The summed E-state index contributed by atoms with van der Waals surface area (Å²) in [5.74, 6) is 0. The highest BCUT2D eigenvalue weighted by Gasteiger charge is 2.14. The largest absolute Gasteiger partial charge is 0.395 e. The number of aliphatic hydroxyl groups excluding tert-OH is 2. The molecule has 0 amide bonds. The summed E-state index contributed by atoms with van der Waals surface area (Å²) in [6.07, 6.45) is -0.781. The van der Waals surface area contributed by atoms with Gasteiger partial charge in [0.05, 0.1) is 18.8 Å². The minimum Gasteiger partial charge on any atom is -0.395 e. The molecule has 4 N–H and O–H groups in total. The monoisotopic (exact) mass is 167 g/mol. The van der Waals surface area contributed by atoms with Crippen LogP contribution in [0, 0.1) is 0 Å². The second-order valence-corrected chi connectivity index (χ2v) is 2.70. The van der Waals surface area contributed by atoms with Gasteiger partial charge in [-0.3, -0.25) is 0 Å². The highest BCUT2D eigenvalue weighted by Crippen LogP contribution is 2.14. The SMILES string of the molecule is N[C@@H](CO)[C@H](O)c1ccccc1. The summed E-state index contributed by atoms with van der Waals surface area (Å²) >= 11 is 0. The summed E-state index contributed by atoms with van der Waals surface area (Å²) in [7, 11) is 0. The Morgan fingerprint density at radius 1 is 1.25 bits per heavy atom. The number of nitrogens with two attached hydrogens (primary N) is 1. The predicted octanol–water partition coefficient (Wildman–Crippen LogP) is 0.0396. The van der Waals surface area contributed by atoms with Crippen molar-refractivity contribution in [3.8, 4) is 0 Å². The summed E-state index contributed by atoms with van der Waals surface area (Å²) in [5.41, 5.74) is 6.18. The van der Waals surface area contributed by atoms with E-state index in [9.17, 15) is 5.11 Å². The lowest BCUT2D eigenvalue weighted by molar-refractivity contribution is 0.109. The standard InChI is InChI=1S/C9H13NO2/c10-8(6-11)9(12)7-4-2-1-3-5-7/h1-5,8-9,11-12H,6,10H2/t8-,9+/m0/s1.